The van der Waals surface area contributed by atoms with Crippen LogP contribution >= 0.6 is 11.6 Å². The van der Waals surface area contributed by atoms with Gasteiger partial charge in [0.15, 0.2) is 0 Å². The number of pyridine rings is 1. The number of aryl methyl sites for hydroxylation is 2. The number of ether oxygens (including phenoxy) is 1. The molecule has 0 radical (unpaired) electrons. The molecule has 2 aromatic rings. The summed E-state index contributed by atoms with van der Waals surface area (Å²) in [5, 5.41) is 0.559. The Bertz CT molecular complexity index is 511. The third-order valence-electron chi connectivity index (χ3n) is 2.25. The van der Waals surface area contributed by atoms with Gasteiger partial charge in [0.1, 0.15) is 10.8 Å². The third kappa shape index (κ3) is 2.34. The van der Waals surface area contributed by atoms with Gasteiger partial charge >= 0.3 is 0 Å². The molecule has 0 N–H and O–H groups in total. The van der Waals surface area contributed by atoms with Crippen molar-refractivity contribution in [2.45, 2.75) is 13.8 Å². The van der Waals surface area contributed by atoms with E-state index in [0.29, 0.717) is 10.9 Å². The average molecular weight is 234 g/mol. The van der Waals surface area contributed by atoms with E-state index in [9.17, 15) is 0 Å². The average Bonchev–Trinajstić information content (AvgIpc) is 2.25. The van der Waals surface area contributed by atoms with Gasteiger partial charge in [-0.1, -0.05) is 23.7 Å². The van der Waals surface area contributed by atoms with E-state index in [1.807, 2.05) is 44.2 Å². The van der Waals surface area contributed by atoms with Gasteiger partial charge in [-0.3, -0.25) is 0 Å². The normalized spacial score (nSPS) is 10.2. The van der Waals surface area contributed by atoms with E-state index in [0.717, 1.165) is 16.9 Å². The molecule has 3 heteroatoms. The molecule has 0 atom stereocenters. The van der Waals surface area contributed by atoms with Crippen LogP contribution in [0, 0.1) is 13.8 Å². The van der Waals surface area contributed by atoms with Gasteiger partial charge < -0.3 is 4.74 Å². The Morgan fingerprint density at radius 3 is 2.75 bits per heavy atom. The third-order valence-corrected chi connectivity index (χ3v) is 2.71. The highest BCUT2D eigenvalue weighted by Crippen LogP contribution is 2.29. The lowest BCUT2D eigenvalue weighted by molar-refractivity contribution is 0.462. The number of halogens is 1. The van der Waals surface area contributed by atoms with Crippen LogP contribution in [-0.4, -0.2) is 4.98 Å². The summed E-state index contributed by atoms with van der Waals surface area (Å²) in [5.74, 6) is 1.20. The highest BCUT2D eigenvalue weighted by atomic mass is 35.5. The van der Waals surface area contributed by atoms with Crippen molar-refractivity contribution in [3.05, 3.63) is 52.7 Å². The van der Waals surface area contributed by atoms with Gasteiger partial charge in [0.25, 0.3) is 0 Å². The van der Waals surface area contributed by atoms with Crippen LogP contribution in [0.4, 0.5) is 0 Å². The molecule has 0 spiro atoms. The van der Waals surface area contributed by atoms with E-state index in [1.165, 1.54) is 0 Å². The first kappa shape index (κ1) is 11.0. The maximum Gasteiger partial charge on any atom is 0.238 e. The smallest absolute Gasteiger partial charge is 0.238 e. The largest absolute Gasteiger partial charge is 0.438 e. The molecule has 2 nitrogen and oxygen atoms in total. The Balaban J connectivity index is 2.31. The number of benzene rings is 1. The van der Waals surface area contributed by atoms with Gasteiger partial charge in [0.2, 0.25) is 5.88 Å². The molecule has 82 valence electrons. The summed E-state index contributed by atoms with van der Waals surface area (Å²) in [4.78, 5) is 4.11. The molecule has 0 amide bonds. The number of nitrogens with zero attached hydrogens (tertiary/aromatic N) is 1. The van der Waals surface area contributed by atoms with Gasteiger partial charge in [-0.05, 0) is 43.2 Å². The molecule has 16 heavy (non-hydrogen) atoms. The van der Waals surface area contributed by atoms with Crippen LogP contribution in [0.3, 0.4) is 0 Å². The summed E-state index contributed by atoms with van der Waals surface area (Å²) in [6.07, 6.45) is 1.69. The predicted octanol–water partition coefficient (Wildman–Crippen LogP) is 4.14. The van der Waals surface area contributed by atoms with Crippen LogP contribution in [-0.2, 0) is 0 Å². The molecule has 0 unspecified atom stereocenters. The Morgan fingerprint density at radius 2 is 2.00 bits per heavy atom. The van der Waals surface area contributed by atoms with Crippen molar-refractivity contribution in [1.82, 2.24) is 4.98 Å². The Hall–Kier alpha value is -1.54. The van der Waals surface area contributed by atoms with Crippen molar-refractivity contribution in [2.75, 3.05) is 0 Å². The second-order valence-corrected chi connectivity index (χ2v) is 4.04. The molecular weight excluding hydrogens is 222 g/mol. The Kier molecular flexibility index (Phi) is 3.11. The Morgan fingerprint density at radius 1 is 1.19 bits per heavy atom. The predicted molar refractivity (Wildman–Crippen MR) is 65.2 cm³/mol. The van der Waals surface area contributed by atoms with Gasteiger partial charge in [0.05, 0.1) is 0 Å². The molecule has 0 aliphatic carbocycles. The van der Waals surface area contributed by atoms with Crippen LogP contribution in [0.2, 0.25) is 5.02 Å². The molecule has 0 bridgehead atoms. The number of aromatic nitrogens is 1. The molecule has 1 heterocycles. The van der Waals surface area contributed by atoms with Crippen LogP contribution in [0.15, 0.2) is 36.5 Å². The molecule has 0 aliphatic rings. The number of rotatable bonds is 2. The van der Waals surface area contributed by atoms with Crippen molar-refractivity contribution in [3.63, 3.8) is 0 Å². The zero-order chi connectivity index (χ0) is 11.5. The SMILES string of the molecule is Cc1cccc(Oc2nccc(C)c2Cl)c1. The van der Waals surface area contributed by atoms with Crippen LogP contribution in [0.5, 0.6) is 11.6 Å². The van der Waals surface area contributed by atoms with E-state index < -0.39 is 0 Å². The summed E-state index contributed by atoms with van der Waals surface area (Å²) in [5.41, 5.74) is 2.10. The van der Waals surface area contributed by atoms with Gasteiger partial charge in [0, 0.05) is 6.20 Å². The molecular formula is C13H12ClNO. The summed E-state index contributed by atoms with van der Waals surface area (Å²) < 4.78 is 5.63. The lowest BCUT2D eigenvalue weighted by Gasteiger charge is -2.07. The minimum absolute atomic E-state index is 0.451. The van der Waals surface area contributed by atoms with Crippen molar-refractivity contribution in [2.24, 2.45) is 0 Å². The first-order valence-corrected chi connectivity index (χ1v) is 5.40. The number of hydrogen-bond donors (Lipinski definition) is 0. The summed E-state index contributed by atoms with van der Waals surface area (Å²) in [7, 11) is 0. The fraction of sp³-hybridized carbons (Fsp3) is 0.154. The first-order valence-electron chi connectivity index (χ1n) is 5.02. The lowest BCUT2D eigenvalue weighted by atomic mass is 10.2. The van der Waals surface area contributed by atoms with Crippen molar-refractivity contribution in [1.29, 1.82) is 0 Å². The lowest BCUT2D eigenvalue weighted by Crippen LogP contribution is -1.90. The topological polar surface area (TPSA) is 22.1 Å². The molecule has 1 aromatic carbocycles. The Labute approximate surface area is 99.9 Å². The minimum Gasteiger partial charge on any atom is -0.438 e. The molecule has 0 aliphatic heterocycles. The zero-order valence-electron chi connectivity index (χ0n) is 9.20. The number of hydrogen-bond acceptors (Lipinski definition) is 2. The second kappa shape index (κ2) is 4.54. The first-order chi connectivity index (χ1) is 7.66. The highest BCUT2D eigenvalue weighted by molar-refractivity contribution is 6.32. The van der Waals surface area contributed by atoms with Gasteiger partial charge in [-0.15, -0.1) is 0 Å². The molecule has 0 saturated carbocycles. The minimum atomic E-state index is 0.451. The van der Waals surface area contributed by atoms with E-state index in [4.69, 9.17) is 16.3 Å². The summed E-state index contributed by atoms with van der Waals surface area (Å²) in [6, 6.07) is 9.63. The van der Waals surface area contributed by atoms with Crippen LogP contribution in [0.25, 0.3) is 0 Å². The van der Waals surface area contributed by atoms with E-state index in [-0.39, 0.29) is 0 Å². The van der Waals surface area contributed by atoms with Crippen molar-refractivity contribution in [3.8, 4) is 11.6 Å². The monoisotopic (exact) mass is 233 g/mol. The fourth-order valence-electron chi connectivity index (χ4n) is 1.38. The van der Waals surface area contributed by atoms with E-state index in [2.05, 4.69) is 4.98 Å². The summed E-state index contributed by atoms with van der Waals surface area (Å²) >= 11 is 6.10. The fourth-order valence-corrected chi connectivity index (χ4v) is 1.53. The van der Waals surface area contributed by atoms with Crippen molar-refractivity contribution >= 4 is 11.6 Å². The second-order valence-electron chi connectivity index (χ2n) is 3.67. The quantitative estimate of drug-likeness (QED) is 0.778. The molecule has 0 fully saturated rings. The van der Waals surface area contributed by atoms with Gasteiger partial charge in [-0.25, -0.2) is 4.98 Å². The standard InChI is InChI=1S/C13H12ClNO/c1-9-4-3-5-11(8-9)16-13-12(14)10(2)6-7-15-13/h3-8H,1-2H3. The maximum atomic E-state index is 6.10. The molecule has 0 saturated heterocycles. The van der Waals surface area contributed by atoms with Crippen molar-refractivity contribution < 1.29 is 4.74 Å². The summed E-state index contributed by atoms with van der Waals surface area (Å²) in [6.45, 7) is 3.94. The maximum absolute atomic E-state index is 6.10. The van der Waals surface area contributed by atoms with Crippen LogP contribution < -0.4 is 4.74 Å². The molecule has 1 aromatic heterocycles. The van der Waals surface area contributed by atoms with E-state index >= 15 is 0 Å². The van der Waals surface area contributed by atoms with Gasteiger partial charge in [-0.2, -0.15) is 0 Å². The van der Waals surface area contributed by atoms with E-state index in [1.54, 1.807) is 6.20 Å². The zero-order valence-corrected chi connectivity index (χ0v) is 9.95. The highest BCUT2D eigenvalue weighted by Gasteiger charge is 2.06. The van der Waals surface area contributed by atoms with Crippen LogP contribution in [0.1, 0.15) is 11.1 Å². The molecule has 2 rings (SSSR count).